The van der Waals surface area contributed by atoms with Gasteiger partial charge in [-0.2, -0.15) is 0 Å². The molecule has 1 unspecified atom stereocenters. The van der Waals surface area contributed by atoms with E-state index < -0.39 is 0 Å². The van der Waals surface area contributed by atoms with Crippen molar-refractivity contribution in [3.63, 3.8) is 0 Å². The van der Waals surface area contributed by atoms with Crippen molar-refractivity contribution < 1.29 is 9.47 Å². The molecule has 2 aliphatic rings. The molecule has 0 bridgehead atoms. The Morgan fingerprint density at radius 1 is 1.36 bits per heavy atom. The monoisotopic (exact) mass is 305 g/mol. The molecule has 0 radical (unpaired) electrons. The summed E-state index contributed by atoms with van der Waals surface area (Å²) in [5, 5.41) is 3.47. The highest BCUT2D eigenvalue weighted by atomic mass is 16.5. The van der Waals surface area contributed by atoms with E-state index in [4.69, 9.17) is 14.5 Å². The zero-order valence-corrected chi connectivity index (χ0v) is 13.7. The SMILES string of the molecule is COCC(C)Nc1cc(CN2CCOCC2)c2c(n1)CCC2. The molecule has 1 aliphatic heterocycles. The smallest absolute Gasteiger partial charge is 0.126 e. The van der Waals surface area contributed by atoms with Crippen molar-refractivity contribution >= 4 is 5.82 Å². The van der Waals surface area contributed by atoms with Crippen LogP contribution in [0, 0.1) is 0 Å². The van der Waals surface area contributed by atoms with Crippen LogP contribution in [0.1, 0.15) is 30.2 Å². The fourth-order valence-electron chi connectivity index (χ4n) is 3.39. The molecule has 122 valence electrons. The van der Waals surface area contributed by atoms with E-state index in [0.29, 0.717) is 6.61 Å². The number of ether oxygens (including phenoxy) is 2. The van der Waals surface area contributed by atoms with E-state index in [1.54, 1.807) is 7.11 Å². The van der Waals surface area contributed by atoms with E-state index >= 15 is 0 Å². The van der Waals surface area contributed by atoms with E-state index in [2.05, 4.69) is 23.2 Å². The van der Waals surface area contributed by atoms with E-state index in [-0.39, 0.29) is 6.04 Å². The van der Waals surface area contributed by atoms with Gasteiger partial charge in [-0.15, -0.1) is 0 Å². The minimum Gasteiger partial charge on any atom is -0.383 e. The van der Waals surface area contributed by atoms with Crippen LogP contribution in [0.3, 0.4) is 0 Å². The third-order valence-corrected chi connectivity index (χ3v) is 4.45. The van der Waals surface area contributed by atoms with Crippen molar-refractivity contribution in [1.29, 1.82) is 0 Å². The number of fused-ring (bicyclic) bond motifs is 1. The number of methoxy groups -OCH3 is 1. The third kappa shape index (κ3) is 3.77. The van der Waals surface area contributed by atoms with Gasteiger partial charge in [-0.1, -0.05) is 0 Å². The van der Waals surface area contributed by atoms with Crippen molar-refractivity contribution in [3.05, 3.63) is 22.9 Å². The topological polar surface area (TPSA) is 46.6 Å². The Bertz CT molecular complexity index is 501. The highest BCUT2D eigenvalue weighted by Gasteiger charge is 2.20. The fourth-order valence-corrected chi connectivity index (χ4v) is 3.39. The maximum Gasteiger partial charge on any atom is 0.126 e. The van der Waals surface area contributed by atoms with Crippen LogP contribution in [0.15, 0.2) is 6.07 Å². The van der Waals surface area contributed by atoms with E-state index in [9.17, 15) is 0 Å². The average Bonchev–Trinajstić information content (AvgIpc) is 2.97. The molecule has 0 spiro atoms. The van der Waals surface area contributed by atoms with Gasteiger partial charge in [0.1, 0.15) is 5.82 Å². The maximum atomic E-state index is 5.45. The Morgan fingerprint density at radius 3 is 2.95 bits per heavy atom. The molecule has 22 heavy (non-hydrogen) atoms. The van der Waals surface area contributed by atoms with E-state index in [1.165, 1.54) is 29.7 Å². The van der Waals surface area contributed by atoms with Crippen LogP contribution < -0.4 is 5.32 Å². The van der Waals surface area contributed by atoms with E-state index in [0.717, 1.165) is 45.1 Å². The van der Waals surface area contributed by atoms with Crippen molar-refractivity contribution in [2.75, 3.05) is 45.3 Å². The van der Waals surface area contributed by atoms with Crippen molar-refractivity contribution in [2.45, 2.75) is 38.8 Å². The summed E-state index contributed by atoms with van der Waals surface area (Å²) >= 11 is 0. The molecule has 0 saturated carbocycles. The zero-order valence-electron chi connectivity index (χ0n) is 13.7. The van der Waals surface area contributed by atoms with Crippen LogP contribution in [0.4, 0.5) is 5.82 Å². The van der Waals surface area contributed by atoms with Crippen molar-refractivity contribution in [1.82, 2.24) is 9.88 Å². The van der Waals surface area contributed by atoms with Crippen LogP contribution in [0.25, 0.3) is 0 Å². The number of rotatable bonds is 6. The summed E-state index contributed by atoms with van der Waals surface area (Å²) < 4.78 is 10.7. The summed E-state index contributed by atoms with van der Waals surface area (Å²) in [6, 6.07) is 2.51. The van der Waals surface area contributed by atoms with Gasteiger partial charge in [0.25, 0.3) is 0 Å². The molecule has 5 nitrogen and oxygen atoms in total. The number of hydrogen-bond donors (Lipinski definition) is 1. The molecular formula is C17H27N3O2. The Labute approximate surface area is 133 Å². The number of nitrogens with zero attached hydrogens (tertiary/aromatic N) is 2. The first-order chi connectivity index (χ1) is 10.8. The van der Waals surface area contributed by atoms with Gasteiger partial charge in [0.2, 0.25) is 0 Å². The third-order valence-electron chi connectivity index (χ3n) is 4.45. The van der Waals surface area contributed by atoms with Gasteiger partial charge < -0.3 is 14.8 Å². The maximum absolute atomic E-state index is 5.45. The lowest BCUT2D eigenvalue weighted by molar-refractivity contribution is 0.0341. The summed E-state index contributed by atoms with van der Waals surface area (Å²) in [7, 11) is 1.73. The second kappa shape index (κ2) is 7.40. The van der Waals surface area contributed by atoms with Gasteiger partial charge >= 0.3 is 0 Å². The standard InChI is InChI=1S/C17H27N3O2/c1-13(12-21-2)18-17-10-14(11-20-6-8-22-9-7-20)15-4-3-5-16(15)19-17/h10,13H,3-9,11-12H2,1-2H3,(H,18,19). The van der Waals surface area contributed by atoms with Crippen LogP contribution >= 0.6 is 0 Å². The molecule has 1 fully saturated rings. The summed E-state index contributed by atoms with van der Waals surface area (Å²) in [6.45, 7) is 7.59. The second-order valence-corrected chi connectivity index (χ2v) is 6.33. The first-order valence-corrected chi connectivity index (χ1v) is 8.33. The van der Waals surface area contributed by atoms with Crippen LogP contribution in [0.2, 0.25) is 0 Å². The Balaban J connectivity index is 1.76. The molecule has 1 aliphatic carbocycles. The molecule has 1 saturated heterocycles. The molecule has 1 atom stereocenters. The number of pyridine rings is 1. The van der Waals surface area contributed by atoms with Gasteiger partial charge in [-0.25, -0.2) is 4.98 Å². The highest BCUT2D eigenvalue weighted by molar-refractivity contribution is 5.46. The molecule has 0 aromatic carbocycles. The van der Waals surface area contributed by atoms with Crippen molar-refractivity contribution in [3.8, 4) is 0 Å². The largest absolute Gasteiger partial charge is 0.383 e. The second-order valence-electron chi connectivity index (χ2n) is 6.33. The Hall–Kier alpha value is -1.17. The molecule has 1 N–H and O–H groups in total. The van der Waals surface area contributed by atoms with Crippen molar-refractivity contribution in [2.24, 2.45) is 0 Å². The Morgan fingerprint density at radius 2 is 2.18 bits per heavy atom. The summed E-state index contributed by atoms with van der Waals surface area (Å²) in [5.74, 6) is 0.994. The normalized spacial score (nSPS) is 19.9. The zero-order chi connectivity index (χ0) is 15.4. The highest BCUT2D eigenvalue weighted by Crippen LogP contribution is 2.27. The number of anilines is 1. The minimum absolute atomic E-state index is 0.271. The molecule has 0 amide bonds. The number of aromatic nitrogens is 1. The molecule has 1 aromatic rings. The fraction of sp³-hybridized carbons (Fsp3) is 0.706. The predicted octanol–water partition coefficient (Wildman–Crippen LogP) is 1.85. The molecule has 1 aromatic heterocycles. The van der Waals surface area contributed by atoms with Crippen LogP contribution in [-0.4, -0.2) is 55.9 Å². The lowest BCUT2D eigenvalue weighted by Gasteiger charge is -2.27. The molecular weight excluding hydrogens is 278 g/mol. The molecule has 5 heteroatoms. The van der Waals surface area contributed by atoms with Gasteiger partial charge in [0.05, 0.1) is 19.8 Å². The summed E-state index contributed by atoms with van der Waals surface area (Å²) in [4.78, 5) is 7.31. The first-order valence-electron chi connectivity index (χ1n) is 8.33. The average molecular weight is 305 g/mol. The Kier molecular flexibility index (Phi) is 5.28. The number of morpholine rings is 1. The van der Waals surface area contributed by atoms with Gasteiger partial charge in [0.15, 0.2) is 0 Å². The number of hydrogen-bond acceptors (Lipinski definition) is 5. The lowest BCUT2D eigenvalue weighted by Crippen LogP contribution is -2.36. The minimum atomic E-state index is 0.271. The van der Waals surface area contributed by atoms with E-state index in [1.807, 2.05) is 0 Å². The van der Waals surface area contributed by atoms with Crippen LogP contribution in [-0.2, 0) is 28.9 Å². The number of nitrogens with one attached hydrogen (secondary N) is 1. The molecule has 2 heterocycles. The predicted molar refractivity (Wildman–Crippen MR) is 87.3 cm³/mol. The van der Waals surface area contributed by atoms with Gasteiger partial charge in [-0.05, 0) is 43.4 Å². The van der Waals surface area contributed by atoms with Gasteiger partial charge in [-0.3, -0.25) is 4.90 Å². The molecule has 3 rings (SSSR count). The summed E-state index contributed by atoms with van der Waals surface area (Å²) in [5.41, 5.74) is 4.21. The lowest BCUT2D eigenvalue weighted by atomic mass is 10.1. The number of aryl methyl sites for hydroxylation is 1. The first kappa shape index (κ1) is 15.7. The quantitative estimate of drug-likeness (QED) is 0.869. The summed E-state index contributed by atoms with van der Waals surface area (Å²) in [6.07, 6.45) is 3.52. The van der Waals surface area contributed by atoms with Gasteiger partial charge in [0, 0.05) is 38.5 Å². The van der Waals surface area contributed by atoms with Crippen LogP contribution in [0.5, 0.6) is 0 Å².